The van der Waals surface area contributed by atoms with E-state index in [0.29, 0.717) is 11.3 Å². The van der Waals surface area contributed by atoms with Crippen LogP contribution >= 0.6 is 11.8 Å². The van der Waals surface area contributed by atoms with E-state index in [0.717, 1.165) is 10.9 Å². The van der Waals surface area contributed by atoms with Crippen LogP contribution in [0.5, 0.6) is 0 Å². The fourth-order valence-corrected chi connectivity index (χ4v) is 4.19. The first-order valence-electron chi connectivity index (χ1n) is 12.1. The van der Waals surface area contributed by atoms with Crippen molar-refractivity contribution in [1.29, 1.82) is 0 Å². The number of nitrogens with two attached hydrogens (primary N) is 1. The van der Waals surface area contributed by atoms with Crippen molar-refractivity contribution >= 4 is 46.4 Å². The Bertz CT molecular complexity index is 1090. The first-order valence-corrected chi connectivity index (χ1v) is 13.5. The number of aliphatic carboxylic acids is 1. The summed E-state index contributed by atoms with van der Waals surface area (Å²) in [5.41, 5.74) is 7.42. The molecule has 0 aliphatic rings. The van der Waals surface area contributed by atoms with Crippen molar-refractivity contribution in [3.8, 4) is 0 Å². The van der Waals surface area contributed by atoms with Crippen molar-refractivity contribution in [3.05, 3.63) is 36.0 Å². The number of benzene rings is 1. The maximum Gasteiger partial charge on any atom is 0.326 e. The van der Waals surface area contributed by atoms with Gasteiger partial charge in [-0.25, -0.2) is 4.79 Å². The zero-order valence-corrected chi connectivity index (χ0v) is 22.3. The lowest BCUT2D eigenvalue weighted by atomic mass is 10.0. The summed E-state index contributed by atoms with van der Waals surface area (Å²) in [7, 11) is 0. The quantitative estimate of drug-likeness (QED) is 0.181. The highest BCUT2D eigenvalue weighted by molar-refractivity contribution is 7.98. The first-order chi connectivity index (χ1) is 17.5. The molecule has 0 aliphatic carbocycles. The molecule has 11 nitrogen and oxygen atoms in total. The molecule has 2 aromatic rings. The normalized spacial score (nSPS) is 15.4. The summed E-state index contributed by atoms with van der Waals surface area (Å²) in [4.78, 5) is 53.5. The molecule has 2 rings (SSSR count). The van der Waals surface area contributed by atoms with E-state index in [4.69, 9.17) is 5.73 Å². The van der Waals surface area contributed by atoms with Crippen molar-refractivity contribution < 1.29 is 29.4 Å². The summed E-state index contributed by atoms with van der Waals surface area (Å²) >= 11 is 1.48. The van der Waals surface area contributed by atoms with E-state index >= 15 is 0 Å². The number of H-pyrrole nitrogens is 1. The van der Waals surface area contributed by atoms with Gasteiger partial charge in [0.05, 0.1) is 12.1 Å². The maximum absolute atomic E-state index is 13.0. The number of carbonyl (C=O) groups is 4. The van der Waals surface area contributed by atoms with E-state index in [1.807, 2.05) is 30.5 Å². The molecule has 0 saturated heterocycles. The van der Waals surface area contributed by atoms with Crippen LogP contribution in [-0.4, -0.2) is 81.2 Å². The molecule has 5 unspecified atom stereocenters. The average molecular weight is 536 g/mol. The number of carbonyl (C=O) groups excluding carboxylic acids is 3. The van der Waals surface area contributed by atoms with E-state index in [2.05, 4.69) is 20.9 Å². The van der Waals surface area contributed by atoms with Gasteiger partial charge >= 0.3 is 5.97 Å². The number of hydrogen-bond acceptors (Lipinski definition) is 7. The molecule has 0 saturated carbocycles. The third-order valence-corrected chi connectivity index (χ3v) is 6.68. The van der Waals surface area contributed by atoms with E-state index in [1.54, 1.807) is 20.0 Å². The Morgan fingerprint density at radius 3 is 2.24 bits per heavy atom. The molecule has 8 N–H and O–H groups in total. The van der Waals surface area contributed by atoms with Crippen LogP contribution in [0.4, 0.5) is 0 Å². The van der Waals surface area contributed by atoms with Crippen LogP contribution in [0.2, 0.25) is 0 Å². The summed E-state index contributed by atoms with van der Waals surface area (Å²) < 4.78 is 0. The number of carboxylic acids is 1. The molecule has 37 heavy (non-hydrogen) atoms. The van der Waals surface area contributed by atoms with Gasteiger partial charge in [0.15, 0.2) is 0 Å². The van der Waals surface area contributed by atoms with Crippen LogP contribution in [0.15, 0.2) is 30.5 Å². The number of aromatic amines is 1. The lowest BCUT2D eigenvalue weighted by Gasteiger charge is -2.27. The molecule has 1 heterocycles. The van der Waals surface area contributed by atoms with Crippen molar-refractivity contribution in [3.63, 3.8) is 0 Å². The molecule has 204 valence electrons. The highest BCUT2D eigenvalue weighted by Crippen LogP contribution is 2.19. The summed E-state index contributed by atoms with van der Waals surface area (Å²) in [6.45, 7) is 4.87. The average Bonchev–Trinajstić information content (AvgIpc) is 3.26. The molecule has 3 amide bonds. The molecular weight excluding hydrogens is 498 g/mol. The van der Waals surface area contributed by atoms with Crippen LogP contribution < -0.4 is 21.7 Å². The minimum Gasteiger partial charge on any atom is -0.480 e. The summed E-state index contributed by atoms with van der Waals surface area (Å²) in [5, 5.41) is 28.3. The molecule has 0 bridgehead atoms. The Morgan fingerprint density at radius 2 is 1.65 bits per heavy atom. The SMILES string of the molecule is CSCCC(NC(=O)C(N)C(C)C)C(=O)NC(C(=O)NC(Cc1c[nH]c2ccccc12)C(=O)O)C(C)O. The van der Waals surface area contributed by atoms with Gasteiger partial charge in [0.25, 0.3) is 0 Å². The van der Waals surface area contributed by atoms with E-state index in [1.165, 1.54) is 18.7 Å². The second-order valence-corrected chi connectivity index (χ2v) is 10.3. The third-order valence-electron chi connectivity index (χ3n) is 6.04. The van der Waals surface area contributed by atoms with Gasteiger partial charge in [-0.2, -0.15) is 11.8 Å². The van der Waals surface area contributed by atoms with Gasteiger partial charge in [0, 0.05) is 23.5 Å². The molecular formula is C25H37N5O6S. The van der Waals surface area contributed by atoms with E-state index in [9.17, 15) is 29.4 Å². The fraction of sp³-hybridized carbons (Fsp3) is 0.520. The van der Waals surface area contributed by atoms with E-state index in [-0.39, 0.29) is 18.8 Å². The summed E-state index contributed by atoms with van der Waals surface area (Å²) in [6.07, 6.45) is 2.46. The number of para-hydroxylation sites is 1. The molecule has 0 spiro atoms. The zero-order chi connectivity index (χ0) is 27.7. The number of amides is 3. The number of fused-ring (bicyclic) bond motifs is 1. The predicted octanol–water partition coefficient (Wildman–Crippen LogP) is 0.367. The van der Waals surface area contributed by atoms with Crippen LogP contribution in [0.25, 0.3) is 10.9 Å². The third kappa shape index (κ3) is 8.48. The maximum atomic E-state index is 13.0. The van der Waals surface area contributed by atoms with Gasteiger partial charge in [0.2, 0.25) is 17.7 Å². The van der Waals surface area contributed by atoms with Gasteiger partial charge in [0.1, 0.15) is 18.1 Å². The highest BCUT2D eigenvalue weighted by Gasteiger charge is 2.33. The predicted molar refractivity (Wildman–Crippen MR) is 143 cm³/mol. The van der Waals surface area contributed by atoms with Gasteiger partial charge in [-0.15, -0.1) is 0 Å². The number of carboxylic acid groups (broad SMARTS) is 1. The Labute approximate surface area is 220 Å². The topological polar surface area (TPSA) is 187 Å². The second kappa shape index (κ2) is 14.0. The number of rotatable bonds is 14. The lowest BCUT2D eigenvalue weighted by Crippen LogP contribution is -2.60. The van der Waals surface area contributed by atoms with Gasteiger partial charge < -0.3 is 36.9 Å². The van der Waals surface area contributed by atoms with Gasteiger partial charge in [-0.05, 0) is 42.9 Å². The van der Waals surface area contributed by atoms with Crippen LogP contribution in [0, 0.1) is 5.92 Å². The molecule has 0 radical (unpaired) electrons. The monoisotopic (exact) mass is 535 g/mol. The van der Waals surface area contributed by atoms with Crippen molar-refractivity contribution in [2.24, 2.45) is 11.7 Å². The Balaban J connectivity index is 2.15. The van der Waals surface area contributed by atoms with E-state index < -0.39 is 54.0 Å². The molecule has 12 heteroatoms. The number of thioether (sulfide) groups is 1. The standard InChI is InChI=1S/C25H37N5O6S/c1-13(2)20(26)23(33)28-18(9-10-37-4)22(32)30-21(14(3)31)24(34)29-19(25(35)36)11-15-12-27-17-8-6-5-7-16(15)17/h5-8,12-14,18-21,27,31H,9-11,26H2,1-4H3,(H,28,33)(H,29,34)(H,30,32)(H,35,36). The Kier molecular flexibility index (Phi) is 11.4. The fourth-order valence-electron chi connectivity index (χ4n) is 3.72. The van der Waals surface area contributed by atoms with Gasteiger partial charge in [-0.3, -0.25) is 14.4 Å². The molecule has 1 aromatic carbocycles. The van der Waals surface area contributed by atoms with Crippen LogP contribution in [-0.2, 0) is 25.6 Å². The molecule has 0 fully saturated rings. The second-order valence-electron chi connectivity index (χ2n) is 9.30. The largest absolute Gasteiger partial charge is 0.480 e. The minimum atomic E-state index is -1.44. The molecule has 0 aliphatic heterocycles. The Hall–Kier alpha value is -3.09. The highest BCUT2D eigenvalue weighted by atomic mass is 32.2. The number of aliphatic hydroxyl groups excluding tert-OH is 1. The molecule has 1 aromatic heterocycles. The van der Waals surface area contributed by atoms with Crippen LogP contribution in [0.3, 0.4) is 0 Å². The Morgan fingerprint density at radius 1 is 1.00 bits per heavy atom. The first kappa shape index (κ1) is 30.1. The minimum absolute atomic E-state index is 0.00887. The summed E-state index contributed by atoms with van der Waals surface area (Å²) in [5.74, 6) is -2.90. The molecule has 5 atom stereocenters. The van der Waals surface area contributed by atoms with Crippen molar-refractivity contribution in [1.82, 2.24) is 20.9 Å². The van der Waals surface area contributed by atoms with Gasteiger partial charge in [-0.1, -0.05) is 32.0 Å². The number of nitrogens with one attached hydrogen (secondary N) is 4. The smallest absolute Gasteiger partial charge is 0.326 e. The van der Waals surface area contributed by atoms with Crippen molar-refractivity contribution in [2.45, 2.75) is 63.9 Å². The summed E-state index contributed by atoms with van der Waals surface area (Å²) in [6, 6.07) is 2.82. The zero-order valence-electron chi connectivity index (χ0n) is 21.5. The number of hydrogen-bond donors (Lipinski definition) is 7. The number of aliphatic hydroxyl groups is 1. The lowest BCUT2D eigenvalue weighted by molar-refractivity contribution is -0.143. The van der Waals surface area contributed by atoms with Crippen LogP contribution in [0.1, 0.15) is 32.8 Å². The van der Waals surface area contributed by atoms with Crippen molar-refractivity contribution in [2.75, 3.05) is 12.0 Å². The number of aromatic nitrogens is 1.